The van der Waals surface area contributed by atoms with E-state index in [1.165, 1.54) is 0 Å². The van der Waals surface area contributed by atoms with Crippen molar-refractivity contribution in [3.63, 3.8) is 0 Å². The minimum absolute atomic E-state index is 0.133. The highest BCUT2D eigenvalue weighted by Crippen LogP contribution is 2.02. The fourth-order valence-electron chi connectivity index (χ4n) is 2.60. The first-order chi connectivity index (χ1) is 16.3. The Labute approximate surface area is 199 Å². The van der Waals surface area contributed by atoms with Crippen molar-refractivity contribution < 1.29 is 44.1 Å². The minimum atomic E-state index is -1.68. The van der Waals surface area contributed by atoms with Crippen LogP contribution in [0.1, 0.15) is 32.1 Å². The van der Waals surface area contributed by atoms with E-state index in [2.05, 4.69) is 15.6 Å². The Balaban J connectivity index is 5.18. The molecule has 0 bridgehead atoms. The maximum Gasteiger partial charge on any atom is 0.326 e. The molecule has 198 valence electrons. The molecule has 4 atom stereocenters. The number of amides is 4. The average Bonchev–Trinajstić information content (AvgIpc) is 2.75. The summed E-state index contributed by atoms with van der Waals surface area (Å²) in [7, 11) is 0. The van der Waals surface area contributed by atoms with Crippen LogP contribution in [0.15, 0.2) is 4.99 Å². The lowest BCUT2D eigenvalue weighted by Crippen LogP contribution is -2.58. The summed E-state index contributed by atoms with van der Waals surface area (Å²) in [4.78, 5) is 74.2. The maximum absolute atomic E-state index is 12.5. The van der Waals surface area contributed by atoms with Crippen molar-refractivity contribution in [1.82, 2.24) is 16.0 Å². The van der Waals surface area contributed by atoms with E-state index >= 15 is 0 Å². The zero-order valence-electron chi connectivity index (χ0n) is 18.8. The number of carboxylic acid groups (broad SMARTS) is 2. The zero-order chi connectivity index (χ0) is 27.1. The summed E-state index contributed by atoms with van der Waals surface area (Å²) in [5.41, 5.74) is 21.2. The van der Waals surface area contributed by atoms with Crippen LogP contribution in [-0.2, 0) is 28.8 Å². The van der Waals surface area contributed by atoms with Crippen molar-refractivity contribution in [2.45, 2.75) is 56.3 Å². The number of aliphatic hydroxyl groups excluding tert-OH is 1. The minimum Gasteiger partial charge on any atom is -0.481 e. The van der Waals surface area contributed by atoms with Crippen molar-refractivity contribution in [3.8, 4) is 0 Å². The Bertz CT molecular complexity index is 816. The molecule has 0 aromatic carbocycles. The van der Waals surface area contributed by atoms with Crippen molar-refractivity contribution in [1.29, 1.82) is 0 Å². The molecule has 0 aliphatic heterocycles. The number of aliphatic imine (C=N–C) groups is 1. The van der Waals surface area contributed by atoms with Gasteiger partial charge in [0.05, 0.1) is 19.1 Å². The molecule has 0 aromatic heterocycles. The molecule has 4 amide bonds. The van der Waals surface area contributed by atoms with Crippen LogP contribution < -0.4 is 38.9 Å². The molecule has 17 heteroatoms. The zero-order valence-corrected chi connectivity index (χ0v) is 18.8. The van der Waals surface area contributed by atoms with Gasteiger partial charge in [0.2, 0.25) is 23.6 Å². The van der Waals surface area contributed by atoms with Gasteiger partial charge < -0.3 is 54.2 Å². The second kappa shape index (κ2) is 15.8. The highest BCUT2D eigenvalue weighted by atomic mass is 16.4. The number of nitrogens with zero attached hydrogens (tertiary/aromatic N) is 1. The molecule has 0 fully saturated rings. The van der Waals surface area contributed by atoms with Crippen LogP contribution in [0.3, 0.4) is 0 Å². The molecular weight excluding hydrogens is 472 g/mol. The summed E-state index contributed by atoms with van der Waals surface area (Å²) in [6.07, 6.45) is -1.31. The predicted octanol–water partition coefficient (Wildman–Crippen LogP) is -5.36. The Hall–Kier alpha value is -3.99. The average molecular weight is 505 g/mol. The van der Waals surface area contributed by atoms with Crippen LogP contribution in [0.2, 0.25) is 0 Å². The highest BCUT2D eigenvalue weighted by molar-refractivity contribution is 5.96. The number of hydrogen-bond acceptors (Lipinski definition) is 9. The van der Waals surface area contributed by atoms with Crippen LogP contribution >= 0.6 is 0 Å². The second-order valence-corrected chi connectivity index (χ2v) is 7.36. The first kappa shape index (κ1) is 31.0. The Kier molecular flexibility index (Phi) is 14.0. The van der Waals surface area contributed by atoms with Gasteiger partial charge in [0.1, 0.15) is 18.1 Å². The van der Waals surface area contributed by atoms with E-state index in [1.807, 2.05) is 5.32 Å². The number of aliphatic hydroxyl groups is 1. The summed E-state index contributed by atoms with van der Waals surface area (Å²) in [5.74, 6) is -7.05. The summed E-state index contributed by atoms with van der Waals surface area (Å²) < 4.78 is 0. The second-order valence-electron chi connectivity index (χ2n) is 7.36. The normalized spacial score (nSPS) is 13.9. The van der Waals surface area contributed by atoms with Gasteiger partial charge in [0, 0.05) is 13.0 Å². The van der Waals surface area contributed by atoms with Gasteiger partial charge in [-0.25, -0.2) is 4.79 Å². The third kappa shape index (κ3) is 13.3. The Morgan fingerprint density at radius 1 is 0.800 bits per heavy atom. The van der Waals surface area contributed by atoms with Gasteiger partial charge in [-0.2, -0.15) is 0 Å². The molecule has 0 aliphatic carbocycles. The SMILES string of the molecule is NC(=O)CC(NC(=O)C(CO)NC(=O)C(N)CCCN=C(N)N)C(=O)NC(CCC(=O)O)C(=O)O. The number of primary amides is 1. The molecule has 35 heavy (non-hydrogen) atoms. The van der Waals surface area contributed by atoms with Crippen molar-refractivity contribution in [2.75, 3.05) is 13.2 Å². The molecule has 0 aromatic rings. The van der Waals surface area contributed by atoms with Crippen LogP contribution in [0.5, 0.6) is 0 Å². The van der Waals surface area contributed by atoms with Crippen LogP contribution in [0.4, 0.5) is 0 Å². The standard InChI is InChI=1S/C18H32N8O9/c19-8(2-1-5-23-18(21)22)14(31)26-11(7-27)16(33)25-10(6-12(20)28)15(32)24-9(17(34)35)3-4-13(29)30/h8-11,27H,1-7,19H2,(H2,20,28)(H,24,32)(H,25,33)(H,26,31)(H,29,30)(H,34,35)(H4,21,22,23). The first-order valence-corrected chi connectivity index (χ1v) is 10.3. The smallest absolute Gasteiger partial charge is 0.326 e. The third-order valence-electron chi connectivity index (χ3n) is 4.42. The van der Waals surface area contributed by atoms with E-state index in [1.54, 1.807) is 0 Å². The van der Waals surface area contributed by atoms with Crippen LogP contribution in [0, 0.1) is 0 Å². The molecule has 0 radical (unpaired) electrons. The third-order valence-corrected chi connectivity index (χ3v) is 4.42. The van der Waals surface area contributed by atoms with Crippen molar-refractivity contribution >= 4 is 41.5 Å². The van der Waals surface area contributed by atoms with E-state index in [9.17, 15) is 33.9 Å². The van der Waals surface area contributed by atoms with E-state index in [-0.39, 0.29) is 18.9 Å². The van der Waals surface area contributed by atoms with Gasteiger partial charge in [0.15, 0.2) is 5.96 Å². The molecule has 14 N–H and O–H groups in total. The number of guanidine groups is 1. The van der Waals surface area contributed by atoms with Gasteiger partial charge in [-0.15, -0.1) is 0 Å². The fourth-order valence-corrected chi connectivity index (χ4v) is 2.60. The maximum atomic E-state index is 12.5. The molecule has 0 saturated heterocycles. The number of hydrogen-bond donors (Lipinski definition) is 10. The molecule has 0 rings (SSSR count). The summed E-state index contributed by atoms with van der Waals surface area (Å²) in [6, 6.07) is -5.96. The van der Waals surface area contributed by atoms with Crippen molar-refractivity contribution in [3.05, 3.63) is 0 Å². The highest BCUT2D eigenvalue weighted by Gasteiger charge is 2.31. The van der Waals surface area contributed by atoms with Crippen LogP contribution in [0.25, 0.3) is 0 Å². The number of nitrogens with one attached hydrogen (secondary N) is 3. The number of rotatable bonds is 17. The molecule has 0 aliphatic rings. The molecule has 17 nitrogen and oxygen atoms in total. The number of carbonyl (C=O) groups is 6. The van der Waals surface area contributed by atoms with Crippen molar-refractivity contribution in [2.24, 2.45) is 27.9 Å². The predicted molar refractivity (Wildman–Crippen MR) is 119 cm³/mol. The monoisotopic (exact) mass is 504 g/mol. The molecule has 0 saturated carbocycles. The lowest BCUT2D eigenvalue weighted by atomic mass is 10.1. The topological polar surface area (TPSA) is 316 Å². The van der Waals surface area contributed by atoms with E-state index in [0.29, 0.717) is 6.42 Å². The number of nitrogens with two attached hydrogens (primary N) is 4. The molecule has 0 heterocycles. The lowest BCUT2D eigenvalue weighted by Gasteiger charge is -2.23. The Morgan fingerprint density at radius 2 is 1.34 bits per heavy atom. The molecule has 0 spiro atoms. The fraction of sp³-hybridized carbons (Fsp3) is 0.611. The number of carbonyl (C=O) groups excluding carboxylic acids is 4. The quantitative estimate of drug-likeness (QED) is 0.0504. The van der Waals surface area contributed by atoms with Crippen LogP contribution in [-0.4, -0.2) is 94.2 Å². The largest absolute Gasteiger partial charge is 0.481 e. The van der Waals surface area contributed by atoms with Gasteiger partial charge in [-0.05, 0) is 19.3 Å². The lowest BCUT2D eigenvalue weighted by molar-refractivity contribution is -0.143. The molecule has 4 unspecified atom stereocenters. The summed E-state index contributed by atoms with van der Waals surface area (Å²) in [6.45, 7) is -0.694. The van der Waals surface area contributed by atoms with Gasteiger partial charge in [0.25, 0.3) is 0 Å². The first-order valence-electron chi connectivity index (χ1n) is 10.3. The summed E-state index contributed by atoms with van der Waals surface area (Å²) >= 11 is 0. The van der Waals surface area contributed by atoms with E-state index in [4.69, 9.17) is 33.1 Å². The summed E-state index contributed by atoms with van der Waals surface area (Å²) in [5, 5.41) is 33.6. The number of carboxylic acids is 2. The molecular formula is C18H32N8O9. The van der Waals surface area contributed by atoms with Gasteiger partial charge in [-0.3, -0.25) is 29.0 Å². The van der Waals surface area contributed by atoms with E-state index in [0.717, 1.165) is 0 Å². The number of aliphatic carboxylic acids is 2. The van der Waals surface area contributed by atoms with E-state index < -0.39 is 85.6 Å². The Morgan fingerprint density at radius 3 is 1.83 bits per heavy atom. The van der Waals surface area contributed by atoms with Gasteiger partial charge >= 0.3 is 11.9 Å². The van der Waals surface area contributed by atoms with Gasteiger partial charge in [-0.1, -0.05) is 0 Å².